The molecule has 21 heavy (non-hydrogen) atoms. The van der Waals surface area contributed by atoms with E-state index in [9.17, 15) is 0 Å². The molecular formula is C18H21Cl2N. The average molecular weight is 322 g/mol. The highest BCUT2D eigenvalue weighted by atomic mass is 35.5. The molecule has 0 aromatic heterocycles. The zero-order valence-electron chi connectivity index (χ0n) is 12.5. The Kier molecular flexibility index (Phi) is 6.10. The molecule has 2 rings (SSSR count). The van der Waals surface area contributed by atoms with E-state index in [1.165, 1.54) is 11.1 Å². The third-order valence-corrected chi connectivity index (χ3v) is 4.65. The molecular weight excluding hydrogens is 301 g/mol. The van der Waals surface area contributed by atoms with Gasteiger partial charge in [0.2, 0.25) is 0 Å². The number of aryl methyl sites for hydroxylation is 2. The van der Waals surface area contributed by atoms with E-state index < -0.39 is 0 Å². The minimum atomic E-state index is 0.363. The van der Waals surface area contributed by atoms with Crippen LogP contribution in [0.25, 0.3) is 0 Å². The van der Waals surface area contributed by atoms with Crippen molar-refractivity contribution in [3.63, 3.8) is 0 Å². The Morgan fingerprint density at radius 2 is 1.67 bits per heavy atom. The lowest BCUT2D eigenvalue weighted by Crippen LogP contribution is -2.28. The highest BCUT2D eigenvalue weighted by Gasteiger charge is 2.13. The van der Waals surface area contributed by atoms with Crippen LogP contribution in [0.1, 0.15) is 23.1 Å². The molecule has 0 spiro atoms. The Morgan fingerprint density at radius 3 is 2.29 bits per heavy atom. The van der Waals surface area contributed by atoms with Gasteiger partial charge in [-0.05, 0) is 62.1 Å². The molecule has 1 nitrogen and oxygen atoms in total. The molecule has 3 heteroatoms. The van der Waals surface area contributed by atoms with Crippen molar-refractivity contribution in [2.24, 2.45) is 0 Å². The van der Waals surface area contributed by atoms with E-state index in [1.54, 1.807) is 0 Å². The predicted octanol–water partition coefficient (Wildman–Crippen LogP) is 5.07. The molecule has 0 bridgehead atoms. The van der Waals surface area contributed by atoms with Gasteiger partial charge in [0.25, 0.3) is 0 Å². The minimum absolute atomic E-state index is 0.363. The van der Waals surface area contributed by atoms with E-state index in [0.29, 0.717) is 6.04 Å². The molecule has 0 aliphatic rings. The Bertz CT molecular complexity index is 575. The number of hydrogen-bond acceptors (Lipinski definition) is 1. The van der Waals surface area contributed by atoms with Gasteiger partial charge >= 0.3 is 0 Å². The van der Waals surface area contributed by atoms with Crippen molar-refractivity contribution in [1.29, 1.82) is 0 Å². The van der Waals surface area contributed by atoms with Gasteiger partial charge in [0.15, 0.2) is 0 Å². The third kappa shape index (κ3) is 4.47. The summed E-state index contributed by atoms with van der Waals surface area (Å²) in [5, 5.41) is 4.87. The highest BCUT2D eigenvalue weighted by molar-refractivity contribution is 6.36. The summed E-state index contributed by atoms with van der Waals surface area (Å²) in [6.07, 6.45) is 2.96. The van der Waals surface area contributed by atoms with Crippen molar-refractivity contribution in [3.05, 3.63) is 69.2 Å². The molecule has 0 fully saturated rings. The largest absolute Gasteiger partial charge is 0.317 e. The predicted molar refractivity (Wildman–Crippen MR) is 92.5 cm³/mol. The first-order valence-corrected chi connectivity index (χ1v) is 8.02. The SMILES string of the molecule is CNC(CCc1ccccc1C)Cc1c(Cl)cccc1Cl. The maximum Gasteiger partial charge on any atom is 0.0453 e. The number of benzene rings is 2. The first-order chi connectivity index (χ1) is 10.1. The molecule has 1 unspecified atom stereocenters. The van der Waals surface area contributed by atoms with Gasteiger partial charge in [0, 0.05) is 16.1 Å². The van der Waals surface area contributed by atoms with Crippen LogP contribution in [0.4, 0.5) is 0 Å². The molecule has 0 saturated carbocycles. The van der Waals surface area contributed by atoms with Gasteiger partial charge in [0.05, 0.1) is 0 Å². The summed E-state index contributed by atoms with van der Waals surface area (Å²) < 4.78 is 0. The fourth-order valence-corrected chi connectivity index (χ4v) is 3.09. The molecule has 0 aliphatic carbocycles. The first kappa shape index (κ1) is 16.4. The van der Waals surface area contributed by atoms with Gasteiger partial charge in [-0.25, -0.2) is 0 Å². The van der Waals surface area contributed by atoms with Crippen molar-refractivity contribution in [2.45, 2.75) is 32.2 Å². The molecule has 2 aromatic rings. The topological polar surface area (TPSA) is 12.0 Å². The maximum absolute atomic E-state index is 6.26. The van der Waals surface area contributed by atoms with Gasteiger partial charge < -0.3 is 5.32 Å². The molecule has 2 aromatic carbocycles. The zero-order valence-corrected chi connectivity index (χ0v) is 14.0. The van der Waals surface area contributed by atoms with Gasteiger partial charge in [-0.2, -0.15) is 0 Å². The fourth-order valence-electron chi connectivity index (χ4n) is 2.54. The normalized spacial score (nSPS) is 12.4. The summed E-state index contributed by atoms with van der Waals surface area (Å²) >= 11 is 12.5. The average Bonchev–Trinajstić information content (AvgIpc) is 2.48. The summed E-state index contributed by atoms with van der Waals surface area (Å²) in [6, 6.07) is 14.6. The lowest BCUT2D eigenvalue weighted by atomic mass is 9.97. The Labute approximate surface area is 137 Å². The van der Waals surface area contributed by atoms with E-state index in [0.717, 1.165) is 34.9 Å². The highest BCUT2D eigenvalue weighted by Crippen LogP contribution is 2.26. The van der Waals surface area contributed by atoms with Gasteiger partial charge in [-0.3, -0.25) is 0 Å². The van der Waals surface area contributed by atoms with Crippen LogP contribution in [-0.2, 0) is 12.8 Å². The second-order valence-electron chi connectivity index (χ2n) is 5.36. The summed E-state index contributed by atoms with van der Waals surface area (Å²) in [5.41, 5.74) is 3.79. The van der Waals surface area contributed by atoms with E-state index in [-0.39, 0.29) is 0 Å². The number of hydrogen-bond donors (Lipinski definition) is 1. The second-order valence-corrected chi connectivity index (χ2v) is 6.17. The van der Waals surface area contributed by atoms with E-state index in [2.05, 4.69) is 36.5 Å². The van der Waals surface area contributed by atoms with Crippen LogP contribution < -0.4 is 5.32 Å². The summed E-state index contributed by atoms with van der Waals surface area (Å²) in [7, 11) is 1.99. The molecule has 1 N–H and O–H groups in total. The van der Waals surface area contributed by atoms with E-state index in [4.69, 9.17) is 23.2 Å². The van der Waals surface area contributed by atoms with Crippen LogP contribution in [0.3, 0.4) is 0 Å². The molecule has 112 valence electrons. The van der Waals surface area contributed by atoms with Crippen molar-refractivity contribution in [1.82, 2.24) is 5.32 Å². The first-order valence-electron chi connectivity index (χ1n) is 7.26. The monoisotopic (exact) mass is 321 g/mol. The Morgan fingerprint density at radius 1 is 1.00 bits per heavy atom. The van der Waals surface area contributed by atoms with Crippen LogP contribution in [-0.4, -0.2) is 13.1 Å². The Hall–Kier alpha value is -1.02. The van der Waals surface area contributed by atoms with Crippen molar-refractivity contribution >= 4 is 23.2 Å². The van der Waals surface area contributed by atoms with Crippen LogP contribution in [0.15, 0.2) is 42.5 Å². The van der Waals surface area contributed by atoms with Gasteiger partial charge in [-0.1, -0.05) is 53.5 Å². The Balaban J connectivity index is 2.02. The van der Waals surface area contributed by atoms with Gasteiger partial charge in [-0.15, -0.1) is 0 Å². The molecule has 0 saturated heterocycles. The van der Waals surface area contributed by atoms with Crippen LogP contribution in [0, 0.1) is 6.92 Å². The molecule has 0 radical (unpaired) electrons. The van der Waals surface area contributed by atoms with Crippen LogP contribution in [0.2, 0.25) is 10.0 Å². The van der Waals surface area contributed by atoms with Crippen LogP contribution in [0.5, 0.6) is 0 Å². The lowest BCUT2D eigenvalue weighted by molar-refractivity contribution is 0.520. The van der Waals surface area contributed by atoms with Crippen LogP contribution >= 0.6 is 23.2 Å². The zero-order chi connectivity index (χ0) is 15.2. The summed E-state index contributed by atoms with van der Waals surface area (Å²) in [4.78, 5) is 0. The maximum atomic E-state index is 6.26. The molecule has 0 aliphatic heterocycles. The van der Waals surface area contributed by atoms with Crippen molar-refractivity contribution < 1.29 is 0 Å². The van der Waals surface area contributed by atoms with E-state index in [1.807, 2.05) is 25.2 Å². The molecule has 1 atom stereocenters. The smallest absolute Gasteiger partial charge is 0.0453 e. The number of likely N-dealkylation sites (N-methyl/N-ethyl adjacent to an activating group) is 1. The standard InChI is InChI=1S/C18H21Cl2N/c1-13-6-3-4-7-14(13)10-11-15(21-2)12-16-17(19)8-5-9-18(16)20/h3-9,15,21H,10-12H2,1-2H3. The number of halogens is 2. The number of nitrogens with one attached hydrogen (secondary N) is 1. The molecule has 0 amide bonds. The molecule has 0 heterocycles. The summed E-state index contributed by atoms with van der Waals surface area (Å²) in [5.74, 6) is 0. The lowest BCUT2D eigenvalue weighted by Gasteiger charge is -2.18. The minimum Gasteiger partial charge on any atom is -0.317 e. The van der Waals surface area contributed by atoms with Crippen molar-refractivity contribution in [2.75, 3.05) is 7.05 Å². The summed E-state index contributed by atoms with van der Waals surface area (Å²) in [6.45, 7) is 2.16. The third-order valence-electron chi connectivity index (χ3n) is 3.94. The van der Waals surface area contributed by atoms with E-state index >= 15 is 0 Å². The quantitative estimate of drug-likeness (QED) is 0.783. The number of rotatable bonds is 6. The second kappa shape index (κ2) is 7.84. The van der Waals surface area contributed by atoms with Gasteiger partial charge in [0.1, 0.15) is 0 Å². The van der Waals surface area contributed by atoms with Crippen molar-refractivity contribution in [3.8, 4) is 0 Å². The fraction of sp³-hybridized carbons (Fsp3) is 0.333.